The predicted molar refractivity (Wildman–Crippen MR) is 68.3 cm³/mol. The Balaban J connectivity index is 2.26. The summed E-state index contributed by atoms with van der Waals surface area (Å²) in [5.41, 5.74) is 0.317. The Morgan fingerprint density at radius 3 is 2.79 bits per heavy atom. The molecule has 0 saturated carbocycles. The Labute approximate surface area is 110 Å². The van der Waals surface area contributed by atoms with E-state index in [-0.39, 0.29) is 12.5 Å². The SMILES string of the molecule is COCCNC(=O)CNC(=O)Nc1cccc(F)c1. The first-order valence-electron chi connectivity index (χ1n) is 5.68. The van der Waals surface area contributed by atoms with Crippen LogP contribution in [0, 0.1) is 5.82 Å². The monoisotopic (exact) mass is 269 g/mol. The summed E-state index contributed by atoms with van der Waals surface area (Å²) in [6.45, 7) is 0.620. The number of anilines is 1. The lowest BCUT2D eigenvalue weighted by molar-refractivity contribution is -0.120. The summed E-state index contributed by atoms with van der Waals surface area (Å²) < 4.78 is 17.6. The van der Waals surface area contributed by atoms with E-state index in [1.165, 1.54) is 25.3 Å². The smallest absolute Gasteiger partial charge is 0.319 e. The average molecular weight is 269 g/mol. The maximum atomic E-state index is 12.9. The predicted octanol–water partition coefficient (Wildman–Crippen LogP) is 0.710. The van der Waals surface area contributed by atoms with Crippen molar-refractivity contribution < 1.29 is 18.7 Å². The number of urea groups is 1. The van der Waals surface area contributed by atoms with Crippen LogP contribution in [0.4, 0.5) is 14.9 Å². The normalized spacial score (nSPS) is 9.79. The van der Waals surface area contributed by atoms with Crippen LogP contribution in [-0.4, -0.2) is 38.7 Å². The van der Waals surface area contributed by atoms with E-state index < -0.39 is 11.8 Å². The molecule has 0 spiro atoms. The lowest BCUT2D eigenvalue weighted by atomic mass is 10.3. The Morgan fingerprint density at radius 1 is 1.32 bits per heavy atom. The third-order valence-electron chi connectivity index (χ3n) is 2.12. The highest BCUT2D eigenvalue weighted by molar-refractivity contribution is 5.92. The van der Waals surface area contributed by atoms with E-state index in [1.807, 2.05) is 0 Å². The molecule has 0 bridgehead atoms. The Hall–Kier alpha value is -2.15. The lowest BCUT2D eigenvalue weighted by Gasteiger charge is -2.08. The number of benzene rings is 1. The van der Waals surface area contributed by atoms with Crippen molar-refractivity contribution in [3.05, 3.63) is 30.1 Å². The Morgan fingerprint density at radius 2 is 2.11 bits per heavy atom. The Kier molecular flexibility index (Phi) is 6.31. The topological polar surface area (TPSA) is 79.5 Å². The van der Waals surface area contributed by atoms with Crippen molar-refractivity contribution in [1.82, 2.24) is 10.6 Å². The summed E-state index contributed by atoms with van der Waals surface area (Å²) in [5.74, 6) is -0.776. The Bertz CT molecular complexity index is 440. The first-order valence-corrected chi connectivity index (χ1v) is 5.68. The number of amides is 3. The molecule has 0 aliphatic rings. The molecule has 0 radical (unpaired) electrons. The number of hydrogen-bond acceptors (Lipinski definition) is 3. The van der Waals surface area contributed by atoms with Gasteiger partial charge in [-0.05, 0) is 18.2 Å². The largest absolute Gasteiger partial charge is 0.383 e. The van der Waals surface area contributed by atoms with E-state index in [1.54, 1.807) is 6.07 Å². The van der Waals surface area contributed by atoms with Gasteiger partial charge in [0, 0.05) is 19.3 Å². The summed E-state index contributed by atoms with van der Waals surface area (Å²) in [6, 6.07) is 4.89. The minimum absolute atomic E-state index is 0.162. The quantitative estimate of drug-likeness (QED) is 0.665. The molecule has 0 saturated heterocycles. The highest BCUT2D eigenvalue weighted by Gasteiger charge is 2.05. The van der Waals surface area contributed by atoms with Crippen LogP contribution in [0.1, 0.15) is 0 Å². The molecule has 7 heteroatoms. The number of rotatable bonds is 6. The van der Waals surface area contributed by atoms with Gasteiger partial charge in [0.2, 0.25) is 5.91 Å². The van der Waals surface area contributed by atoms with Crippen LogP contribution >= 0.6 is 0 Å². The molecule has 0 aliphatic heterocycles. The zero-order valence-electron chi connectivity index (χ0n) is 10.5. The zero-order chi connectivity index (χ0) is 14.1. The average Bonchev–Trinajstić information content (AvgIpc) is 2.37. The second kappa shape index (κ2) is 8.04. The molecule has 0 aromatic heterocycles. The number of carbonyl (C=O) groups is 2. The number of ether oxygens (including phenoxy) is 1. The molecule has 0 unspecified atom stereocenters. The van der Waals surface area contributed by atoms with Gasteiger partial charge < -0.3 is 20.7 Å². The molecule has 6 nitrogen and oxygen atoms in total. The summed E-state index contributed by atoms with van der Waals surface area (Å²) in [7, 11) is 1.52. The van der Waals surface area contributed by atoms with Gasteiger partial charge in [-0.2, -0.15) is 0 Å². The van der Waals surface area contributed by atoms with E-state index in [0.29, 0.717) is 18.8 Å². The van der Waals surface area contributed by atoms with Crippen molar-refractivity contribution in [2.75, 3.05) is 32.1 Å². The van der Waals surface area contributed by atoms with Crippen molar-refractivity contribution in [2.45, 2.75) is 0 Å². The van der Waals surface area contributed by atoms with Gasteiger partial charge in [-0.25, -0.2) is 9.18 Å². The third kappa shape index (κ3) is 6.37. The van der Waals surface area contributed by atoms with Gasteiger partial charge in [-0.1, -0.05) is 6.07 Å². The fourth-order valence-corrected chi connectivity index (χ4v) is 1.26. The van der Waals surface area contributed by atoms with Crippen LogP contribution in [0.25, 0.3) is 0 Å². The first-order chi connectivity index (χ1) is 9.11. The number of halogens is 1. The van der Waals surface area contributed by atoms with Crippen molar-refractivity contribution in [2.24, 2.45) is 0 Å². The molecule has 0 heterocycles. The van der Waals surface area contributed by atoms with Crippen molar-refractivity contribution in [3.8, 4) is 0 Å². The molecule has 0 aliphatic carbocycles. The fourth-order valence-electron chi connectivity index (χ4n) is 1.26. The van der Waals surface area contributed by atoms with E-state index in [4.69, 9.17) is 4.74 Å². The summed E-state index contributed by atoms with van der Waals surface area (Å²) in [4.78, 5) is 22.7. The molecule has 0 atom stereocenters. The van der Waals surface area contributed by atoms with E-state index in [0.717, 1.165) is 0 Å². The van der Waals surface area contributed by atoms with Crippen LogP contribution in [-0.2, 0) is 9.53 Å². The standard InChI is InChI=1S/C12H16FN3O3/c1-19-6-5-14-11(17)8-15-12(18)16-10-4-2-3-9(13)7-10/h2-4,7H,5-6,8H2,1H3,(H,14,17)(H2,15,16,18). The second-order valence-electron chi connectivity index (χ2n) is 3.66. The van der Waals surface area contributed by atoms with Crippen molar-refractivity contribution in [3.63, 3.8) is 0 Å². The number of nitrogens with one attached hydrogen (secondary N) is 3. The minimum atomic E-state index is -0.576. The third-order valence-corrected chi connectivity index (χ3v) is 2.12. The van der Waals surface area contributed by atoms with Crippen molar-refractivity contribution >= 4 is 17.6 Å². The van der Waals surface area contributed by atoms with Gasteiger partial charge in [0.1, 0.15) is 5.82 Å². The number of methoxy groups -OCH3 is 1. The summed E-state index contributed by atoms with van der Waals surface area (Å²) >= 11 is 0. The molecular weight excluding hydrogens is 253 g/mol. The van der Waals surface area contributed by atoms with Crippen LogP contribution in [0.3, 0.4) is 0 Å². The molecule has 0 fully saturated rings. The molecule has 1 aromatic carbocycles. The van der Waals surface area contributed by atoms with Gasteiger partial charge in [0.05, 0.1) is 13.2 Å². The van der Waals surface area contributed by atoms with E-state index in [9.17, 15) is 14.0 Å². The maximum Gasteiger partial charge on any atom is 0.319 e. The van der Waals surface area contributed by atoms with Gasteiger partial charge in [-0.3, -0.25) is 4.79 Å². The lowest BCUT2D eigenvalue weighted by Crippen LogP contribution is -2.39. The first kappa shape index (κ1) is 14.9. The highest BCUT2D eigenvalue weighted by atomic mass is 19.1. The van der Waals surface area contributed by atoms with Gasteiger partial charge in [-0.15, -0.1) is 0 Å². The maximum absolute atomic E-state index is 12.9. The molecule has 3 amide bonds. The minimum Gasteiger partial charge on any atom is -0.383 e. The molecular formula is C12H16FN3O3. The molecule has 1 aromatic rings. The van der Waals surface area contributed by atoms with Crippen molar-refractivity contribution in [1.29, 1.82) is 0 Å². The fraction of sp³-hybridized carbons (Fsp3) is 0.333. The van der Waals surface area contributed by atoms with Crippen LogP contribution in [0.5, 0.6) is 0 Å². The summed E-state index contributed by atoms with van der Waals surface area (Å²) in [5, 5.41) is 7.31. The molecule has 19 heavy (non-hydrogen) atoms. The molecule has 1 rings (SSSR count). The molecule has 3 N–H and O–H groups in total. The highest BCUT2D eigenvalue weighted by Crippen LogP contribution is 2.08. The summed E-state index contributed by atoms with van der Waals surface area (Å²) in [6.07, 6.45) is 0. The van der Waals surface area contributed by atoms with Gasteiger partial charge in [0.25, 0.3) is 0 Å². The zero-order valence-corrected chi connectivity index (χ0v) is 10.5. The number of carbonyl (C=O) groups excluding carboxylic acids is 2. The molecule has 104 valence electrons. The van der Waals surface area contributed by atoms with E-state index in [2.05, 4.69) is 16.0 Å². The number of hydrogen-bond donors (Lipinski definition) is 3. The van der Waals surface area contributed by atoms with Crippen LogP contribution in [0.15, 0.2) is 24.3 Å². The van der Waals surface area contributed by atoms with E-state index >= 15 is 0 Å². The van der Waals surface area contributed by atoms with Gasteiger partial charge in [0.15, 0.2) is 0 Å². The van der Waals surface area contributed by atoms with Crippen LogP contribution < -0.4 is 16.0 Å². The van der Waals surface area contributed by atoms with Gasteiger partial charge >= 0.3 is 6.03 Å². The second-order valence-corrected chi connectivity index (χ2v) is 3.66. The van der Waals surface area contributed by atoms with Crippen LogP contribution in [0.2, 0.25) is 0 Å².